The van der Waals surface area contributed by atoms with E-state index in [0.29, 0.717) is 13.0 Å². The van der Waals surface area contributed by atoms with Crippen LogP contribution in [0.2, 0.25) is 0 Å². The molecule has 1 atom stereocenters. The Morgan fingerprint density at radius 2 is 1.90 bits per heavy atom. The van der Waals surface area contributed by atoms with Crippen molar-refractivity contribution in [3.05, 3.63) is 0 Å². The Labute approximate surface area is 60.4 Å². The maximum atomic E-state index is 11.6. The van der Waals surface area contributed by atoms with E-state index in [2.05, 4.69) is 0 Å². The van der Waals surface area contributed by atoms with Gasteiger partial charge < -0.3 is 4.74 Å². The maximum absolute atomic E-state index is 11.6. The van der Waals surface area contributed by atoms with Crippen molar-refractivity contribution in [3.8, 4) is 0 Å². The molecule has 0 rings (SSSR count). The lowest BCUT2D eigenvalue weighted by Crippen LogP contribution is -2.09. The molecule has 10 heavy (non-hydrogen) atoms. The van der Waals surface area contributed by atoms with Crippen LogP contribution in [-0.2, 0) is 4.74 Å². The summed E-state index contributed by atoms with van der Waals surface area (Å²) < 4.78 is 28.2. The summed E-state index contributed by atoms with van der Waals surface area (Å²) >= 11 is 0. The molecule has 0 aliphatic carbocycles. The van der Waals surface area contributed by atoms with Gasteiger partial charge >= 0.3 is 0 Å². The van der Waals surface area contributed by atoms with E-state index in [1.165, 1.54) is 0 Å². The van der Waals surface area contributed by atoms with Crippen molar-refractivity contribution in [1.82, 2.24) is 0 Å². The normalized spacial score (nSPS) is 14.1. The molecule has 0 aliphatic rings. The number of hydrogen-bond acceptors (Lipinski definition) is 1. The summed E-state index contributed by atoms with van der Waals surface area (Å²) in [5.74, 6) is 0. The van der Waals surface area contributed by atoms with Crippen LogP contribution < -0.4 is 0 Å². The quantitative estimate of drug-likeness (QED) is 0.588. The fourth-order valence-electron chi connectivity index (χ4n) is 0.729. The average Bonchev–Trinajstić information content (AvgIpc) is 1.85. The van der Waals surface area contributed by atoms with Crippen LogP contribution in [0.15, 0.2) is 0 Å². The van der Waals surface area contributed by atoms with Crippen LogP contribution >= 0.6 is 0 Å². The Morgan fingerprint density at radius 1 is 1.30 bits per heavy atom. The van der Waals surface area contributed by atoms with Crippen molar-refractivity contribution in [2.75, 3.05) is 6.61 Å². The standard InChI is InChI=1S/C7H14F2O/c1-3-10-6(2)4-5-7(8)9/h6-7H,3-5H2,1-2H3. The summed E-state index contributed by atoms with van der Waals surface area (Å²) in [4.78, 5) is 0. The lowest BCUT2D eigenvalue weighted by atomic mass is 10.2. The van der Waals surface area contributed by atoms with Gasteiger partial charge in [-0.1, -0.05) is 0 Å². The van der Waals surface area contributed by atoms with E-state index in [-0.39, 0.29) is 12.5 Å². The van der Waals surface area contributed by atoms with Crippen LogP contribution in [0.5, 0.6) is 0 Å². The zero-order valence-electron chi connectivity index (χ0n) is 6.44. The first-order chi connectivity index (χ1) is 4.66. The van der Waals surface area contributed by atoms with Crippen molar-refractivity contribution in [1.29, 1.82) is 0 Å². The minimum absolute atomic E-state index is 0.0287. The zero-order valence-corrected chi connectivity index (χ0v) is 6.44. The third kappa shape index (κ3) is 5.95. The van der Waals surface area contributed by atoms with Crippen LogP contribution in [0.3, 0.4) is 0 Å². The average molecular weight is 152 g/mol. The Hall–Kier alpha value is -0.180. The molecule has 3 heteroatoms. The summed E-state index contributed by atoms with van der Waals surface area (Å²) in [6, 6.07) is 0. The summed E-state index contributed by atoms with van der Waals surface area (Å²) in [5, 5.41) is 0. The molecule has 0 heterocycles. The first-order valence-electron chi connectivity index (χ1n) is 3.56. The minimum atomic E-state index is -2.19. The lowest BCUT2D eigenvalue weighted by Gasteiger charge is -2.09. The third-order valence-corrected chi connectivity index (χ3v) is 1.24. The summed E-state index contributed by atoms with van der Waals surface area (Å²) in [6.45, 7) is 4.27. The van der Waals surface area contributed by atoms with E-state index in [1.807, 2.05) is 13.8 Å². The van der Waals surface area contributed by atoms with Gasteiger partial charge in [0.05, 0.1) is 6.10 Å². The van der Waals surface area contributed by atoms with E-state index in [1.54, 1.807) is 0 Å². The van der Waals surface area contributed by atoms with Gasteiger partial charge in [-0.15, -0.1) is 0 Å². The monoisotopic (exact) mass is 152 g/mol. The van der Waals surface area contributed by atoms with Gasteiger partial charge in [-0.25, -0.2) is 8.78 Å². The highest BCUT2D eigenvalue weighted by Gasteiger charge is 2.06. The molecular weight excluding hydrogens is 138 g/mol. The molecule has 0 saturated carbocycles. The Kier molecular flexibility index (Phi) is 5.49. The summed E-state index contributed by atoms with van der Waals surface area (Å²) in [7, 11) is 0. The summed E-state index contributed by atoms with van der Waals surface area (Å²) in [5.41, 5.74) is 0. The second-order valence-corrected chi connectivity index (χ2v) is 2.23. The SMILES string of the molecule is CCOC(C)CCC(F)F. The predicted octanol–water partition coefficient (Wildman–Crippen LogP) is 2.46. The second-order valence-electron chi connectivity index (χ2n) is 2.23. The van der Waals surface area contributed by atoms with Crippen LogP contribution in [0.4, 0.5) is 8.78 Å². The van der Waals surface area contributed by atoms with Crippen LogP contribution in [0, 0.1) is 0 Å². The molecule has 0 bridgehead atoms. The predicted molar refractivity (Wildman–Crippen MR) is 36.3 cm³/mol. The van der Waals surface area contributed by atoms with E-state index in [4.69, 9.17) is 4.74 Å². The third-order valence-electron chi connectivity index (χ3n) is 1.24. The molecule has 1 unspecified atom stereocenters. The molecule has 62 valence electrons. The molecule has 0 spiro atoms. The highest BCUT2D eigenvalue weighted by molar-refractivity contribution is 4.51. The second kappa shape index (κ2) is 5.59. The molecule has 0 saturated heterocycles. The molecule has 0 N–H and O–H groups in total. The van der Waals surface area contributed by atoms with E-state index in [0.717, 1.165) is 0 Å². The fraction of sp³-hybridized carbons (Fsp3) is 1.00. The minimum Gasteiger partial charge on any atom is -0.379 e. The van der Waals surface area contributed by atoms with Crippen LogP contribution in [-0.4, -0.2) is 19.1 Å². The highest BCUT2D eigenvalue weighted by Crippen LogP contribution is 2.07. The van der Waals surface area contributed by atoms with Crippen molar-refractivity contribution in [2.24, 2.45) is 0 Å². The van der Waals surface area contributed by atoms with Crippen molar-refractivity contribution < 1.29 is 13.5 Å². The van der Waals surface area contributed by atoms with Gasteiger partial charge in [-0.3, -0.25) is 0 Å². The Morgan fingerprint density at radius 3 is 2.30 bits per heavy atom. The van der Waals surface area contributed by atoms with Crippen LogP contribution in [0.1, 0.15) is 26.7 Å². The van der Waals surface area contributed by atoms with Gasteiger partial charge in [-0.2, -0.15) is 0 Å². The molecule has 0 radical (unpaired) electrons. The molecule has 0 aromatic rings. The van der Waals surface area contributed by atoms with Crippen molar-refractivity contribution >= 4 is 0 Å². The van der Waals surface area contributed by atoms with Gasteiger partial charge in [0.25, 0.3) is 0 Å². The van der Waals surface area contributed by atoms with E-state index >= 15 is 0 Å². The number of alkyl halides is 2. The molecular formula is C7H14F2O. The number of halogens is 2. The first-order valence-corrected chi connectivity index (χ1v) is 3.56. The largest absolute Gasteiger partial charge is 0.379 e. The van der Waals surface area contributed by atoms with Gasteiger partial charge in [0, 0.05) is 13.0 Å². The molecule has 0 amide bonds. The first kappa shape index (κ1) is 9.82. The van der Waals surface area contributed by atoms with Gasteiger partial charge in [0.1, 0.15) is 0 Å². The van der Waals surface area contributed by atoms with Crippen molar-refractivity contribution in [3.63, 3.8) is 0 Å². The smallest absolute Gasteiger partial charge is 0.238 e. The summed E-state index contributed by atoms with van der Waals surface area (Å²) in [6.07, 6.45) is -1.82. The topological polar surface area (TPSA) is 9.23 Å². The van der Waals surface area contributed by atoms with Gasteiger partial charge in [-0.05, 0) is 20.3 Å². The highest BCUT2D eigenvalue weighted by atomic mass is 19.3. The molecule has 0 aliphatic heterocycles. The van der Waals surface area contributed by atoms with Gasteiger partial charge in [0.15, 0.2) is 0 Å². The van der Waals surface area contributed by atoms with E-state index in [9.17, 15) is 8.78 Å². The number of ether oxygens (including phenoxy) is 1. The maximum Gasteiger partial charge on any atom is 0.238 e. The molecule has 0 fully saturated rings. The number of hydrogen-bond donors (Lipinski definition) is 0. The molecule has 1 nitrogen and oxygen atoms in total. The Balaban J connectivity index is 3.12. The molecule has 0 aromatic carbocycles. The van der Waals surface area contributed by atoms with Gasteiger partial charge in [0.2, 0.25) is 6.43 Å². The fourth-order valence-corrected chi connectivity index (χ4v) is 0.729. The van der Waals surface area contributed by atoms with Crippen LogP contribution in [0.25, 0.3) is 0 Å². The molecule has 0 aromatic heterocycles. The lowest BCUT2D eigenvalue weighted by molar-refractivity contribution is 0.0483. The van der Waals surface area contributed by atoms with Crippen molar-refractivity contribution in [2.45, 2.75) is 39.2 Å². The zero-order chi connectivity index (χ0) is 7.98. The number of rotatable bonds is 5. The Bertz CT molecular complexity index is 76.0. The van der Waals surface area contributed by atoms with E-state index < -0.39 is 6.43 Å².